The van der Waals surface area contributed by atoms with Gasteiger partial charge in [-0.05, 0) is 31.6 Å². The molecule has 0 amide bonds. The standard InChI is InChI=1S/C10H18O4S/c11-10(15(12,13)14)7-3-5-8-4-1-2-6-9(8)10/h8-9,11H,1-7H2,(H,12,13,14). The van der Waals surface area contributed by atoms with Crippen LogP contribution in [0.4, 0.5) is 0 Å². The van der Waals surface area contributed by atoms with Crippen LogP contribution in [0.2, 0.25) is 0 Å². The molecule has 0 aliphatic heterocycles. The maximum Gasteiger partial charge on any atom is 0.295 e. The topological polar surface area (TPSA) is 74.6 Å². The summed E-state index contributed by atoms with van der Waals surface area (Å²) in [5.41, 5.74) is 0. The smallest absolute Gasteiger partial charge is 0.295 e. The maximum atomic E-state index is 11.3. The number of aliphatic hydroxyl groups is 1. The Bertz CT molecular complexity index is 335. The largest absolute Gasteiger partial charge is 0.372 e. The van der Waals surface area contributed by atoms with Gasteiger partial charge in [0.25, 0.3) is 10.1 Å². The van der Waals surface area contributed by atoms with E-state index in [2.05, 4.69) is 0 Å². The predicted octanol–water partition coefficient (Wildman–Crippen LogP) is 1.55. The van der Waals surface area contributed by atoms with Crippen LogP contribution in [0, 0.1) is 11.8 Å². The van der Waals surface area contributed by atoms with Crippen LogP contribution in [0.1, 0.15) is 44.9 Å². The van der Waals surface area contributed by atoms with Crippen molar-refractivity contribution in [2.45, 2.75) is 49.9 Å². The second kappa shape index (κ2) is 3.71. The summed E-state index contributed by atoms with van der Waals surface area (Å²) in [4.78, 5) is -1.86. The summed E-state index contributed by atoms with van der Waals surface area (Å²) in [5.74, 6) is 0.0226. The molecule has 0 aromatic carbocycles. The second-order valence-corrected chi connectivity index (χ2v) is 6.52. The molecule has 2 aliphatic rings. The average Bonchev–Trinajstić information content (AvgIpc) is 2.17. The molecule has 0 radical (unpaired) electrons. The molecule has 4 nitrogen and oxygen atoms in total. The van der Waals surface area contributed by atoms with E-state index < -0.39 is 15.1 Å². The Hall–Kier alpha value is -0.130. The molecule has 15 heavy (non-hydrogen) atoms. The van der Waals surface area contributed by atoms with Gasteiger partial charge in [0.15, 0.2) is 4.93 Å². The monoisotopic (exact) mass is 234 g/mol. The molecule has 2 N–H and O–H groups in total. The molecular weight excluding hydrogens is 216 g/mol. The molecule has 3 unspecified atom stereocenters. The van der Waals surface area contributed by atoms with Gasteiger partial charge < -0.3 is 5.11 Å². The lowest BCUT2D eigenvalue weighted by Crippen LogP contribution is -2.51. The van der Waals surface area contributed by atoms with E-state index in [4.69, 9.17) is 4.55 Å². The van der Waals surface area contributed by atoms with E-state index in [0.717, 1.165) is 32.1 Å². The molecule has 2 fully saturated rings. The van der Waals surface area contributed by atoms with Crippen molar-refractivity contribution in [2.24, 2.45) is 11.8 Å². The number of rotatable bonds is 1. The van der Waals surface area contributed by atoms with Gasteiger partial charge in [0.05, 0.1) is 0 Å². The number of fused-ring (bicyclic) bond motifs is 1. The zero-order valence-corrected chi connectivity index (χ0v) is 9.54. The molecule has 2 saturated carbocycles. The molecule has 0 saturated heterocycles. The fourth-order valence-electron chi connectivity index (χ4n) is 3.27. The van der Waals surface area contributed by atoms with E-state index in [0.29, 0.717) is 6.42 Å². The third kappa shape index (κ3) is 1.81. The van der Waals surface area contributed by atoms with Crippen LogP contribution in [0.3, 0.4) is 0 Å². The molecule has 0 aromatic rings. The third-order valence-corrected chi connectivity index (χ3v) is 5.45. The van der Waals surface area contributed by atoms with Gasteiger partial charge in [-0.1, -0.05) is 19.3 Å². The highest BCUT2D eigenvalue weighted by atomic mass is 32.2. The normalized spacial score (nSPS) is 42.3. The van der Waals surface area contributed by atoms with Crippen LogP contribution in [0.25, 0.3) is 0 Å². The minimum absolute atomic E-state index is 0.188. The van der Waals surface area contributed by atoms with Crippen molar-refractivity contribution in [3.05, 3.63) is 0 Å². The van der Waals surface area contributed by atoms with Gasteiger partial charge in [-0.2, -0.15) is 8.42 Å². The predicted molar refractivity (Wildman–Crippen MR) is 55.8 cm³/mol. The fraction of sp³-hybridized carbons (Fsp3) is 1.00. The van der Waals surface area contributed by atoms with Gasteiger partial charge in [-0.15, -0.1) is 0 Å². The lowest BCUT2D eigenvalue weighted by molar-refractivity contribution is -0.0305. The molecule has 0 aromatic heterocycles. The van der Waals surface area contributed by atoms with Crippen molar-refractivity contribution in [3.8, 4) is 0 Å². The minimum Gasteiger partial charge on any atom is -0.372 e. The highest BCUT2D eigenvalue weighted by Crippen LogP contribution is 2.47. The van der Waals surface area contributed by atoms with Gasteiger partial charge in [-0.3, -0.25) is 4.55 Å². The van der Waals surface area contributed by atoms with E-state index in [1.807, 2.05) is 0 Å². The Balaban J connectivity index is 2.31. The van der Waals surface area contributed by atoms with Gasteiger partial charge in [-0.25, -0.2) is 0 Å². The first kappa shape index (κ1) is 11.4. The summed E-state index contributed by atoms with van der Waals surface area (Å²) in [5, 5.41) is 10.2. The lowest BCUT2D eigenvalue weighted by atomic mass is 9.69. The van der Waals surface area contributed by atoms with Crippen molar-refractivity contribution in [1.29, 1.82) is 0 Å². The number of hydrogen-bond donors (Lipinski definition) is 2. The van der Waals surface area contributed by atoms with Gasteiger partial charge >= 0.3 is 0 Å². The van der Waals surface area contributed by atoms with Crippen LogP contribution in [-0.2, 0) is 10.1 Å². The molecule has 0 spiro atoms. The molecule has 88 valence electrons. The Labute approximate surface area is 90.4 Å². The second-order valence-electron chi connectivity index (χ2n) is 4.86. The first-order valence-electron chi connectivity index (χ1n) is 5.64. The van der Waals surface area contributed by atoms with E-state index in [9.17, 15) is 13.5 Å². The van der Waals surface area contributed by atoms with Crippen molar-refractivity contribution in [3.63, 3.8) is 0 Å². The van der Waals surface area contributed by atoms with Crippen LogP contribution in [-0.4, -0.2) is 23.0 Å². The molecule has 2 aliphatic carbocycles. The molecular formula is C10H18O4S. The molecule has 0 heterocycles. The van der Waals surface area contributed by atoms with Gasteiger partial charge in [0.1, 0.15) is 0 Å². The molecule has 3 atom stereocenters. The Kier molecular flexibility index (Phi) is 2.81. The van der Waals surface area contributed by atoms with Gasteiger partial charge in [0.2, 0.25) is 0 Å². The highest BCUT2D eigenvalue weighted by Gasteiger charge is 2.53. The summed E-state index contributed by atoms with van der Waals surface area (Å²) >= 11 is 0. The Morgan fingerprint density at radius 2 is 1.67 bits per heavy atom. The first-order valence-corrected chi connectivity index (χ1v) is 7.08. The van der Waals surface area contributed by atoms with Crippen LogP contribution in [0.15, 0.2) is 0 Å². The quantitative estimate of drug-likeness (QED) is 0.675. The van der Waals surface area contributed by atoms with Gasteiger partial charge in [0, 0.05) is 5.92 Å². The molecule has 5 heteroatoms. The third-order valence-electron chi connectivity index (χ3n) is 4.05. The summed E-state index contributed by atoms with van der Waals surface area (Å²) in [6.07, 6.45) is 5.65. The van der Waals surface area contributed by atoms with Crippen molar-refractivity contribution in [2.75, 3.05) is 0 Å². The van der Waals surface area contributed by atoms with Crippen molar-refractivity contribution >= 4 is 10.1 Å². The molecule has 0 bridgehead atoms. The van der Waals surface area contributed by atoms with Crippen LogP contribution in [0.5, 0.6) is 0 Å². The van der Waals surface area contributed by atoms with Crippen LogP contribution < -0.4 is 0 Å². The van der Waals surface area contributed by atoms with Crippen LogP contribution >= 0.6 is 0 Å². The van der Waals surface area contributed by atoms with Crippen molar-refractivity contribution < 1.29 is 18.1 Å². The van der Waals surface area contributed by atoms with E-state index in [-0.39, 0.29) is 18.3 Å². The first-order chi connectivity index (χ1) is 6.95. The Morgan fingerprint density at radius 1 is 1.07 bits per heavy atom. The summed E-state index contributed by atoms with van der Waals surface area (Å²) < 4.78 is 31.7. The summed E-state index contributed by atoms with van der Waals surface area (Å²) in [7, 11) is -4.34. The molecule has 2 rings (SSSR count). The average molecular weight is 234 g/mol. The lowest BCUT2D eigenvalue weighted by Gasteiger charge is -2.44. The SMILES string of the molecule is O=S(=O)(O)C1(O)CCCC2CCCCC21. The zero-order chi connectivity index (χ0) is 11.1. The fourth-order valence-corrected chi connectivity index (χ4v) is 4.37. The van der Waals surface area contributed by atoms with Crippen molar-refractivity contribution in [1.82, 2.24) is 0 Å². The summed E-state index contributed by atoms with van der Waals surface area (Å²) in [6, 6.07) is 0. The number of hydrogen-bond acceptors (Lipinski definition) is 3. The van der Waals surface area contributed by atoms with E-state index in [1.54, 1.807) is 0 Å². The minimum atomic E-state index is -4.34. The van der Waals surface area contributed by atoms with E-state index in [1.165, 1.54) is 0 Å². The summed E-state index contributed by atoms with van der Waals surface area (Å²) in [6.45, 7) is 0. The highest BCUT2D eigenvalue weighted by molar-refractivity contribution is 7.87. The Morgan fingerprint density at radius 3 is 2.33 bits per heavy atom. The maximum absolute atomic E-state index is 11.3. The zero-order valence-electron chi connectivity index (χ0n) is 8.72. The van der Waals surface area contributed by atoms with E-state index >= 15 is 0 Å².